The molecule has 7 heteroatoms. The summed E-state index contributed by atoms with van der Waals surface area (Å²) in [5.41, 5.74) is 1.57. The number of hydrogen-bond acceptors (Lipinski definition) is 4. The largest absolute Gasteiger partial charge is 0.314 e. The number of amides is 2. The molecule has 1 fully saturated rings. The highest BCUT2D eigenvalue weighted by molar-refractivity contribution is 6.17. The van der Waals surface area contributed by atoms with Crippen molar-refractivity contribution >= 4 is 34.4 Å². The smallest absolute Gasteiger partial charge is 0.252 e. The van der Waals surface area contributed by atoms with Crippen molar-refractivity contribution in [3.05, 3.63) is 29.6 Å². The number of imide groups is 1. The molecule has 2 heterocycles. The number of alkyl halides is 1. The Balaban J connectivity index is 2.25. The van der Waals surface area contributed by atoms with Crippen molar-refractivity contribution in [2.75, 3.05) is 7.05 Å². The molecule has 0 N–H and O–H groups in total. The summed E-state index contributed by atoms with van der Waals surface area (Å²) in [6, 6.07) is 6.58. The monoisotopic (exact) mass is 302 g/mol. The van der Waals surface area contributed by atoms with Gasteiger partial charge in [-0.2, -0.15) is 5.26 Å². The van der Waals surface area contributed by atoms with Gasteiger partial charge in [0.1, 0.15) is 23.5 Å². The fourth-order valence-corrected chi connectivity index (χ4v) is 2.82. The van der Waals surface area contributed by atoms with E-state index in [2.05, 4.69) is 11.1 Å². The number of likely N-dealkylation sites (tertiary alicyclic amines) is 1. The number of nitriles is 1. The van der Waals surface area contributed by atoms with Gasteiger partial charge in [0.25, 0.3) is 5.91 Å². The zero-order chi connectivity index (χ0) is 15.1. The maximum atomic E-state index is 12.2. The van der Waals surface area contributed by atoms with E-state index in [9.17, 15) is 9.59 Å². The van der Waals surface area contributed by atoms with Crippen molar-refractivity contribution in [2.45, 2.75) is 18.3 Å². The summed E-state index contributed by atoms with van der Waals surface area (Å²) in [4.78, 5) is 29.4. The van der Waals surface area contributed by atoms with Crippen molar-refractivity contribution in [1.29, 1.82) is 5.26 Å². The zero-order valence-corrected chi connectivity index (χ0v) is 12.0. The number of imidazole rings is 1. The van der Waals surface area contributed by atoms with Crippen LogP contribution >= 0.6 is 11.6 Å². The lowest BCUT2D eigenvalue weighted by atomic mass is 10.2. The number of fused-ring (bicyclic) bond motifs is 1. The topological polar surface area (TPSA) is 79.0 Å². The molecule has 1 atom stereocenters. The summed E-state index contributed by atoms with van der Waals surface area (Å²) < 4.78 is 1.67. The Morgan fingerprint density at radius 1 is 1.48 bits per heavy atom. The predicted molar refractivity (Wildman–Crippen MR) is 75.4 cm³/mol. The molecule has 0 spiro atoms. The number of likely N-dealkylation sites (N-methyl/N-ethyl adjacent to an activating group) is 1. The molecule has 1 saturated heterocycles. The van der Waals surface area contributed by atoms with Gasteiger partial charge in [-0.15, -0.1) is 11.6 Å². The van der Waals surface area contributed by atoms with Crippen LogP contribution in [0.5, 0.6) is 0 Å². The van der Waals surface area contributed by atoms with Crippen molar-refractivity contribution < 1.29 is 9.59 Å². The highest BCUT2D eigenvalue weighted by Gasteiger charge is 2.39. The molecule has 1 aliphatic heterocycles. The zero-order valence-electron chi connectivity index (χ0n) is 11.2. The SMILES string of the molecule is CN1C(=O)CC(n2c(CCl)nc3c(C#N)cccc32)C1=O. The number of aromatic nitrogens is 2. The first-order chi connectivity index (χ1) is 10.1. The van der Waals surface area contributed by atoms with Gasteiger partial charge < -0.3 is 4.57 Å². The van der Waals surface area contributed by atoms with Crippen LogP contribution in [0, 0.1) is 11.3 Å². The molecule has 6 nitrogen and oxygen atoms in total. The summed E-state index contributed by atoms with van der Waals surface area (Å²) in [7, 11) is 1.46. The lowest BCUT2D eigenvalue weighted by Gasteiger charge is -2.14. The standard InChI is InChI=1S/C14H11ClN4O2/c1-18-12(20)5-10(14(18)21)19-9-4-2-3-8(7-16)13(9)17-11(19)6-15/h2-4,10H,5-6H2,1H3. The summed E-state index contributed by atoms with van der Waals surface area (Å²) in [5, 5.41) is 9.15. The first-order valence-electron chi connectivity index (χ1n) is 6.34. The number of carbonyl (C=O) groups excluding carboxylic acids is 2. The minimum absolute atomic E-state index is 0.0848. The third kappa shape index (κ3) is 1.89. The third-order valence-electron chi connectivity index (χ3n) is 3.70. The second-order valence-corrected chi connectivity index (χ2v) is 5.09. The predicted octanol–water partition coefficient (Wildman–Crippen LogP) is 1.58. The fraction of sp³-hybridized carbons (Fsp3) is 0.286. The minimum Gasteiger partial charge on any atom is -0.314 e. The van der Waals surface area contributed by atoms with Crippen molar-refractivity contribution in [2.24, 2.45) is 0 Å². The Bertz CT molecular complexity index is 805. The molecule has 21 heavy (non-hydrogen) atoms. The number of halogens is 1. The molecule has 0 radical (unpaired) electrons. The molecule has 1 unspecified atom stereocenters. The number of carbonyl (C=O) groups is 2. The molecule has 2 aromatic rings. The molecule has 0 bridgehead atoms. The van der Waals surface area contributed by atoms with Crippen LogP contribution in [0.4, 0.5) is 0 Å². The average Bonchev–Trinajstić information content (AvgIpc) is 2.99. The number of nitrogens with zero attached hydrogens (tertiary/aromatic N) is 4. The van der Waals surface area contributed by atoms with Gasteiger partial charge in [0.15, 0.2) is 0 Å². The average molecular weight is 303 g/mol. The van der Waals surface area contributed by atoms with Crippen LogP contribution in [0.2, 0.25) is 0 Å². The van der Waals surface area contributed by atoms with E-state index in [4.69, 9.17) is 16.9 Å². The lowest BCUT2D eigenvalue weighted by molar-refractivity contribution is -0.137. The summed E-state index contributed by atoms with van der Waals surface area (Å²) in [6.45, 7) is 0. The first-order valence-corrected chi connectivity index (χ1v) is 6.88. The van der Waals surface area contributed by atoms with Gasteiger partial charge in [-0.1, -0.05) is 6.07 Å². The van der Waals surface area contributed by atoms with Crippen LogP contribution in [0.25, 0.3) is 11.0 Å². The van der Waals surface area contributed by atoms with E-state index in [0.29, 0.717) is 22.4 Å². The molecule has 3 rings (SSSR count). The lowest BCUT2D eigenvalue weighted by Crippen LogP contribution is -2.27. The van der Waals surface area contributed by atoms with E-state index in [0.717, 1.165) is 4.90 Å². The summed E-state index contributed by atoms with van der Waals surface area (Å²) in [6.07, 6.45) is 0.0848. The number of rotatable bonds is 2. The van der Waals surface area contributed by atoms with Crippen molar-refractivity contribution in [1.82, 2.24) is 14.5 Å². The highest BCUT2D eigenvalue weighted by atomic mass is 35.5. The molecule has 2 amide bonds. The Labute approximate surface area is 125 Å². The molecule has 1 aromatic carbocycles. The maximum absolute atomic E-state index is 12.2. The number of benzene rings is 1. The normalized spacial score (nSPS) is 18.5. The van der Waals surface area contributed by atoms with Gasteiger partial charge in [-0.3, -0.25) is 14.5 Å². The Morgan fingerprint density at radius 2 is 2.24 bits per heavy atom. The van der Waals surface area contributed by atoms with Crippen molar-refractivity contribution in [3.8, 4) is 6.07 Å². The van der Waals surface area contributed by atoms with Crippen LogP contribution < -0.4 is 0 Å². The molecule has 0 saturated carbocycles. The van der Waals surface area contributed by atoms with E-state index in [1.165, 1.54) is 7.05 Å². The van der Waals surface area contributed by atoms with Crippen molar-refractivity contribution in [3.63, 3.8) is 0 Å². The molecule has 106 valence electrons. The van der Waals surface area contributed by atoms with Gasteiger partial charge in [-0.05, 0) is 12.1 Å². The number of hydrogen-bond donors (Lipinski definition) is 0. The van der Waals surface area contributed by atoms with Crippen LogP contribution in [0.15, 0.2) is 18.2 Å². The summed E-state index contributed by atoms with van der Waals surface area (Å²) in [5.74, 6) is 0.0639. The molecule has 1 aliphatic rings. The number of para-hydroxylation sites is 1. The molecule has 0 aliphatic carbocycles. The van der Waals surface area contributed by atoms with E-state index < -0.39 is 6.04 Å². The quantitative estimate of drug-likeness (QED) is 0.623. The van der Waals surface area contributed by atoms with Gasteiger partial charge >= 0.3 is 0 Å². The van der Waals surface area contributed by atoms with Crippen LogP contribution in [-0.2, 0) is 15.5 Å². The van der Waals surface area contributed by atoms with E-state index in [1.807, 2.05) is 0 Å². The van der Waals surface area contributed by atoms with Crippen LogP contribution in [-0.4, -0.2) is 33.3 Å². The minimum atomic E-state index is -0.643. The van der Waals surface area contributed by atoms with Gasteiger partial charge in [0, 0.05) is 7.05 Å². The first kappa shape index (κ1) is 13.6. The van der Waals surface area contributed by atoms with E-state index in [1.54, 1.807) is 22.8 Å². The fourth-order valence-electron chi connectivity index (χ4n) is 2.64. The summed E-state index contributed by atoms with van der Waals surface area (Å²) >= 11 is 5.92. The van der Waals surface area contributed by atoms with Gasteiger partial charge in [-0.25, -0.2) is 4.98 Å². The maximum Gasteiger partial charge on any atom is 0.252 e. The van der Waals surface area contributed by atoms with E-state index in [-0.39, 0.29) is 24.1 Å². The second kappa shape index (κ2) is 4.86. The van der Waals surface area contributed by atoms with Crippen LogP contribution in [0.3, 0.4) is 0 Å². The molecular formula is C14H11ClN4O2. The Kier molecular flexibility index (Phi) is 3.15. The van der Waals surface area contributed by atoms with E-state index >= 15 is 0 Å². The third-order valence-corrected chi connectivity index (χ3v) is 3.94. The Hall–Kier alpha value is -2.39. The van der Waals surface area contributed by atoms with Gasteiger partial charge in [0.2, 0.25) is 5.91 Å². The highest BCUT2D eigenvalue weighted by Crippen LogP contribution is 2.31. The Morgan fingerprint density at radius 3 is 2.81 bits per heavy atom. The van der Waals surface area contributed by atoms with Crippen LogP contribution in [0.1, 0.15) is 23.9 Å². The van der Waals surface area contributed by atoms with Gasteiger partial charge in [0.05, 0.1) is 23.4 Å². The second-order valence-electron chi connectivity index (χ2n) is 4.83. The molecule has 1 aromatic heterocycles. The molecular weight excluding hydrogens is 292 g/mol.